The molecule has 0 aromatic carbocycles. The van der Waals surface area contributed by atoms with E-state index < -0.39 is 17.5 Å². The maximum atomic E-state index is 13.0. The van der Waals surface area contributed by atoms with Gasteiger partial charge in [-0.2, -0.15) is 0 Å². The Bertz CT molecular complexity index is 765. The van der Waals surface area contributed by atoms with E-state index >= 15 is 0 Å². The first-order valence-corrected chi connectivity index (χ1v) is 10.3. The lowest BCUT2D eigenvalue weighted by molar-refractivity contribution is -0.136. The summed E-state index contributed by atoms with van der Waals surface area (Å²) in [7, 11) is 0. The molecule has 1 saturated heterocycles. The molecule has 1 aromatic rings. The molecular weight excluding hydrogens is 364 g/mol. The van der Waals surface area contributed by atoms with Crippen LogP contribution in [-0.2, 0) is 9.59 Å². The minimum Gasteiger partial charge on any atom is -0.323 e. The topological polar surface area (TPSA) is 91.4 Å². The zero-order valence-electron chi connectivity index (χ0n) is 16.2. The average molecular weight is 391 g/mol. The van der Waals surface area contributed by atoms with Crippen molar-refractivity contribution in [3.05, 3.63) is 18.3 Å². The summed E-state index contributed by atoms with van der Waals surface area (Å²) in [5.41, 5.74) is -0.393. The predicted octanol–water partition coefficient (Wildman–Crippen LogP) is 2.88. The second-order valence-electron chi connectivity index (χ2n) is 8.40. The van der Waals surface area contributed by atoms with E-state index in [4.69, 9.17) is 0 Å². The van der Waals surface area contributed by atoms with Crippen molar-refractivity contribution < 1.29 is 14.4 Å². The summed E-state index contributed by atoms with van der Waals surface area (Å²) in [6.07, 6.45) is 5.69. The Morgan fingerprint density at radius 2 is 2.11 bits per heavy atom. The summed E-state index contributed by atoms with van der Waals surface area (Å²) in [6, 6.07) is 3.06. The third kappa shape index (κ3) is 4.10. The van der Waals surface area contributed by atoms with Crippen LogP contribution in [0.25, 0.3) is 0 Å². The van der Waals surface area contributed by atoms with Gasteiger partial charge in [-0.25, -0.2) is 9.78 Å². The minimum atomic E-state index is -0.889. The van der Waals surface area contributed by atoms with Gasteiger partial charge in [-0.05, 0) is 49.0 Å². The monoisotopic (exact) mass is 390 g/mol. The Hall–Kier alpha value is -2.09. The summed E-state index contributed by atoms with van der Waals surface area (Å²) in [5.74, 6) is -0.386. The van der Waals surface area contributed by atoms with Crippen molar-refractivity contribution in [1.29, 1.82) is 0 Å². The Morgan fingerprint density at radius 3 is 2.70 bits per heavy atom. The highest BCUT2D eigenvalue weighted by atomic mass is 32.2. The van der Waals surface area contributed by atoms with Crippen LogP contribution in [0.2, 0.25) is 0 Å². The summed E-state index contributed by atoms with van der Waals surface area (Å²) in [5, 5.41) is 6.42. The standard InChI is InChI=1S/C19H26N4O3S/c1-12-7-18(2,3)11-19(8-12)16(25)23(17(26)22-19)10-14(24)21-13-5-6-15(27-4)20-9-13/h5-6,9,12H,7-8,10-11H2,1-4H3,(H,21,24)(H,22,26). The largest absolute Gasteiger partial charge is 0.325 e. The molecule has 0 bridgehead atoms. The summed E-state index contributed by atoms with van der Waals surface area (Å²) in [4.78, 5) is 43.1. The van der Waals surface area contributed by atoms with Crippen molar-refractivity contribution in [3.8, 4) is 0 Å². The number of hydrogen-bond donors (Lipinski definition) is 2. The van der Waals surface area contributed by atoms with Crippen molar-refractivity contribution in [2.24, 2.45) is 11.3 Å². The number of anilines is 1. The number of thioether (sulfide) groups is 1. The molecule has 4 amide bonds. The molecule has 7 nitrogen and oxygen atoms in total. The van der Waals surface area contributed by atoms with Crippen LogP contribution >= 0.6 is 11.8 Å². The van der Waals surface area contributed by atoms with Crippen molar-refractivity contribution in [2.75, 3.05) is 18.1 Å². The van der Waals surface area contributed by atoms with Crippen LogP contribution in [0, 0.1) is 11.3 Å². The fourth-order valence-corrected chi connectivity index (χ4v) is 4.93. The molecule has 27 heavy (non-hydrogen) atoms. The molecule has 2 fully saturated rings. The molecular formula is C19H26N4O3S. The fourth-order valence-electron chi connectivity index (χ4n) is 4.57. The third-order valence-electron chi connectivity index (χ3n) is 5.16. The molecule has 1 aromatic heterocycles. The first kappa shape index (κ1) is 19.7. The van der Waals surface area contributed by atoms with Gasteiger partial charge >= 0.3 is 6.03 Å². The maximum Gasteiger partial charge on any atom is 0.325 e. The molecule has 8 heteroatoms. The van der Waals surface area contributed by atoms with Crippen LogP contribution in [0.15, 0.2) is 23.4 Å². The number of aromatic nitrogens is 1. The van der Waals surface area contributed by atoms with Gasteiger partial charge in [0, 0.05) is 0 Å². The molecule has 3 rings (SSSR count). The number of urea groups is 1. The highest BCUT2D eigenvalue weighted by molar-refractivity contribution is 7.98. The molecule has 2 N–H and O–H groups in total. The SMILES string of the molecule is CSc1ccc(NC(=O)CN2C(=O)NC3(CC(C)CC(C)(C)C3)C2=O)cn1. The number of imide groups is 1. The number of pyridine rings is 1. The molecule has 2 heterocycles. The van der Waals surface area contributed by atoms with Gasteiger partial charge < -0.3 is 10.6 Å². The normalized spacial score (nSPS) is 27.0. The predicted molar refractivity (Wildman–Crippen MR) is 104 cm³/mol. The molecule has 1 aliphatic heterocycles. The molecule has 0 radical (unpaired) electrons. The van der Waals surface area contributed by atoms with Gasteiger partial charge in [0.15, 0.2) is 0 Å². The van der Waals surface area contributed by atoms with E-state index in [1.54, 1.807) is 18.3 Å². The van der Waals surface area contributed by atoms with Gasteiger partial charge in [0.2, 0.25) is 5.91 Å². The van der Waals surface area contributed by atoms with Gasteiger partial charge in [-0.1, -0.05) is 20.8 Å². The van der Waals surface area contributed by atoms with E-state index in [1.165, 1.54) is 11.8 Å². The number of carbonyl (C=O) groups is 3. The van der Waals surface area contributed by atoms with E-state index in [0.717, 1.165) is 16.3 Å². The van der Waals surface area contributed by atoms with Crippen molar-refractivity contribution in [1.82, 2.24) is 15.2 Å². The van der Waals surface area contributed by atoms with E-state index in [2.05, 4.69) is 36.4 Å². The second-order valence-corrected chi connectivity index (χ2v) is 9.22. The van der Waals surface area contributed by atoms with E-state index in [9.17, 15) is 14.4 Å². The second kappa shape index (κ2) is 7.14. The van der Waals surface area contributed by atoms with Crippen LogP contribution in [0.1, 0.15) is 40.0 Å². The molecule has 146 valence electrons. The van der Waals surface area contributed by atoms with Crippen LogP contribution in [0.5, 0.6) is 0 Å². The molecule has 2 atom stereocenters. The minimum absolute atomic E-state index is 0.0381. The fraction of sp³-hybridized carbons (Fsp3) is 0.579. The maximum absolute atomic E-state index is 13.0. The van der Waals surface area contributed by atoms with Crippen molar-refractivity contribution >= 4 is 35.3 Å². The van der Waals surface area contributed by atoms with Crippen LogP contribution in [-0.4, -0.2) is 46.1 Å². The number of nitrogens with one attached hydrogen (secondary N) is 2. The number of carbonyl (C=O) groups excluding carboxylic acids is 3. The van der Waals surface area contributed by atoms with Crippen molar-refractivity contribution in [2.45, 2.75) is 50.6 Å². The van der Waals surface area contributed by atoms with Gasteiger partial charge in [0.25, 0.3) is 5.91 Å². The van der Waals surface area contributed by atoms with Crippen LogP contribution in [0.4, 0.5) is 10.5 Å². The zero-order chi connectivity index (χ0) is 19.8. The Kier molecular flexibility index (Phi) is 5.20. The average Bonchev–Trinajstić information content (AvgIpc) is 2.77. The van der Waals surface area contributed by atoms with Gasteiger partial charge in [0.05, 0.1) is 16.9 Å². The van der Waals surface area contributed by atoms with Crippen molar-refractivity contribution in [3.63, 3.8) is 0 Å². The molecule has 2 unspecified atom stereocenters. The summed E-state index contributed by atoms with van der Waals surface area (Å²) < 4.78 is 0. The van der Waals surface area contributed by atoms with Gasteiger partial charge in [-0.3, -0.25) is 14.5 Å². The smallest absolute Gasteiger partial charge is 0.323 e. The number of nitrogens with zero attached hydrogens (tertiary/aromatic N) is 2. The lowest BCUT2D eigenvalue weighted by Gasteiger charge is -2.43. The van der Waals surface area contributed by atoms with Crippen LogP contribution < -0.4 is 10.6 Å². The summed E-state index contributed by atoms with van der Waals surface area (Å²) >= 11 is 1.51. The van der Waals surface area contributed by atoms with E-state index in [1.807, 2.05) is 6.26 Å². The Labute approximate surface area is 163 Å². The van der Waals surface area contributed by atoms with Crippen LogP contribution in [0.3, 0.4) is 0 Å². The Morgan fingerprint density at radius 1 is 1.37 bits per heavy atom. The molecule has 2 aliphatic rings. The molecule has 1 aliphatic carbocycles. The highest BCUT2D eigenvalue weighted by Crippen LogP contribution is 2.46. The lowest BCUT2D eigenvalue weighted by atomic mass is 9.64. The van der Waals surface area contributed by atoms with E-state index in [-0.39, 0.29) is 17.9 Å². The first-order valence-electron chi connectivity index (χ1n) is 9.08. The quantitative estimate of drug-likeness (QED) is 0.609. The molecule has 1 saturated carbocycles. The zero-order valence-corrected chi connectivity index (χ0v) is 17.0. The molecule has 1 spiro atoms. The van der Waals surface area contributed by atoms with Gasteiger partial charge in [-0.15, -0.1) is 11.8 Å². The first-order chi connectivity index (χ1) is 12.6. The number of hydrogen-bond acceptors (Lipinski definition) is 5. The van der Waals surface area contributed by atoms with E-state index in [0.29, 0.717) is 24.4 Å². The third-order valence-corrected chi connectivity index (χ3v) is 5.81. The highest BCUT2D eigenvalue weighted by Gasteiger charge is 2.56. The Balaban J connectivity index is 1.69. The number of amides is 4. The number of rotatable bonds is 4. The lowest BCUT2D eigenvalue weighted by Crippen LogP contribution is -2.54. The van der Waals surface area contributed by atoms with Gasteiger partial charge in [0.1, 0.15) is 12.1 Å². The summed E-state index contributed by atoms with van der Waals surface area (Å²) in [6.45, 7) is 6.03.